The van der Waals surface area contributed by atoms with E-state index in [2.05, 4.69) is 6.92 Å². The molecule has 0 saturated heterocycles. The minimum Gasteiger partial charge on any atom is -0.338 e. The second kappa shape index (κ2) is 12.5. The molecule has 0 saturated carbocycles. The van der Waals surface area contributed by atoms with Gasteiger partial charge in [0.25, 0.3) is 5.24 Å². The Morgan fingerprint density at radius 3 is 2.00 bits per heavy atom. The fourth-order valence-electron chi connectivity index (χ4n) is 2.22. The molecule has 1 rings (SSSR count). The Morgan fingerprint density at radius 1 is 0.909 bits per heavy atom. The minimum absolute atomic E-state index is 0.452. The van der Waals surface area contributed by atoms with Gasteiger partial charge in [0.05, 0.1) is 6.61 Å². The summed E-state index contributed by atoms with van der Waals surface area (Å²) in [5.74, 6) is 0.581. The Hall–Kier alpha value is -1.06. The molecule has 0 spiro atoms. The van der Waals surface area contributed by atoms with E-state index in [1.54, 1.807) is 24.3 Å². The molecule has 0 atom stereocenters. The number of carbonyl (C=O) groups excluding carboxylic acids is 1. The van der Waals surface area contributed by atoms with Gasteiger partial charge in [-0.15, -0.1) is 0 Å². The molecule has 4 heteroatoms. The standard InChI is InChI=1S/C18H27ClO3/c1-2-3-4-5-6-7-8-9-10-15-21-22-17-13-11-16(12-14-17)18(19)20/h11-14H,2-10,15H2,1H3. The summed E-state index contributed by atoms with van der Waals surface area (Å²) in [6.07, 6.45) is 11.5. The summed E-state index contributed by atoms with van der Waals surface area (Å²) >= 11 is 5.37. The Morgan fingerprint density at radius 2 is 1.45 bits per heavy atom. The van der Waals surface area contributed by atoms with E-state index < -0.39 is 5.24 Å². The van der Waals surface area contributed by atoms with Crippen molar-refractivity contribution in [2.45, 2.75) is 64.7 Å². The van der Waals surface area contributed by atoms with Crippen LogP contribution in [0, 0.1) is 0 Å². The van der Waals surface area contributed by atoms with Gasteiger partial charge in [-0.25, -0.2) is 0 Å². The number of carbonyl (C=O) groups is 1. The van der Waals surface area contributed by atoms with Gasteiger partial charge in [-0.2, -0.15) is 4.89 Å². The number of benzene rings is 1. The molecule has 0 aromatic heterocycles. The van der Waals surface area contributed by atoms with Gasteiger partial charge in [0.2, 0.25) is 0 Å². The van der Waals surface area contributed by atoms with E-state index in [-0.39, 0.29) is 0 Å². The maximum Gasteiger partial charge on any atom is 0.252 e. The van der Waals surface area contributed by atoms with Crippen molar-refractivity contribution >= 4 is 16.8 Å². The predicted molar refractivity (Wildman–Crippen MR) is 90.4 cm³/mol. The van der Waals surface area contributed by atoms with Crippen LogP contribution in [0.4, 0.5) is 0 Å². The number of rotatable bonds is 13. The number of halogens is 1. The summed E-state index contributed by atoms with van der Waals surface area (Å²) in [5, 5.41) is -0.470. The first-order valence-corrected chi connectivity index (χ1v) is 8.71. The summed E-state index contributed by atoms with van der Waals surface area (Å²) in [6, 6.07) is 6.58. The van der Waals surface area contributed by atoms with Crippen molar-refractivity contribution in [2.24, 2.45) is 0 Å². The highest BCUT2D eigenvalue weighted by atomic mass is 35.5. The van der Waals surface area contributed by atoms with Crippen LogP contribution in [0.3, 0.4) is 0 Å². The van der Waals surface area contributed by atoms with E-state index in [0.717, 1.165) is 6.42 Å². The summed E-state index contributed by atoms with van der Waals surface area (Å²) in [7, 11) is 0. The lowest BCUT2D eigenvalue weighted by molar-refractivity contribution is -0.207. The molecule has 3 nitrogen and oxygen atoms in total. The molecule has 0 amide bonds. The Kier molecular flexibility index (Phi) is 10.8. The van der Waals surface area contributed by atoms with E-state index in [0.29, 0.717) is 17.9 Å². The van der Waals surface area contributed by atoms with Crippen LogP contribution in [-0.4, -0.2) is 11.8 Å². The zero-order valence-corrected chi connectivity index (χ0v) is 14.2. The third kappa shape index (κ3) is 9.06. The van der Waals surface area contributed by atoms with Crippen LogP contribution < -0.4 is 4.89 Å². The van der Waals surface area contributed by atoms with Gasteiger partial charge < -0.3 is 4.89 Å². The summed E-state index contributed by atoms with van der Waals surface area (Å²) < 4.78 is 0. The first-order chi connectivity index (χ1) is 10.7. The zero-order valence-electron chi connectivity index (χ0n) is 13.5. The Balaban J connectivity index is 1.94. The zero-order chi connectivity index (χ0) is 16.0. The number of hydrogen-bond donors (Lipinski definition) is 0. The second-order valence-corrected chi connectivity index (χ2v) is 5.88. The van der Waals surface area contributed by atoms with E-state index in [4.69, 9.17) is 21.4 Å². The maximum absolute atomic E-state index is 10.9. The molecule has 0 heterocycles. The predicted octanol–water partition coefficient (Wildman–Crippen LogP) is 5.91. The van der Waals surface area contributed by atoms with Crippen molar-refractivity contribution in [3.05, 3.63) is 29.8 Å². The SMILES string of the molecule is CCCCCCCCCCCOOc1ccc(C(=O)Cl)cc1. The van der Waals surface area contributed by atoms with Crippen LogP contribution in [0.2, 0.25) is 0 Å². The van der Waals surface area contributed by atoms with Crippen molar-refractivity contribution in [1.29, 1.82) is 0 Å². The number of hydrogen-bond acceptors (Lipinski definition) is 3. The smallest absolute Gasteiger partial charge is 0.252 e. The Labute approximate surface area is 138 Å². The molecule has 1 aromatic carbocycles. The summed E-state index contributed by atoms with van der Waals surface area (Å²) in [5.41, 5.74) is 0.452. The van der Waals surface area contributed by atoms with E-state index in [1.807, 2.05) is 0 Å². The summed E-state index contributed by atoms with van der Waals surface area (Å²) in [6.45, 7) is 2.83. The highest BCUT2D eigenvalue weighted by Gasteiger charge is 2.02. The van der Waals surface area contributed by atoms with Crippen molar-refractivity contribution in [2.75, 3.05) is 6.61 Å². The van der Waals surface area contributed by atoms with E-state index >= 15 is 0 Å². The molecular weight excluding hydrogens is 300 g/mol. The lowest BCUT2D eigenvalue weighted by Crippen LogP contribution is -2.00. The van der Waals surface area contributed by atoms with Crippen LogP contribution in [0.5, 0.6) is 5.75 Å². The molecule has 1 aromatic rings. The first kappa shape index (κ1) is 19.0. The average molecular weight is 327 g/mol. The van der Waals surface area contributed by atoms with Crippen molar-refractivity contribution in [3.63, 3.8) is 0 Å². The maximum atomic E-state index is 10.9. The average Bonchev–Trinajstić information content (AvgIpc) is 2.53. The molecule has 0 aliphatic heterocycles. The van der Waals surface area contributed by atoms with Gasteiger partial charge in [0.15, 0.2) is 5.75 Å². The molecular formula is C18H27ClO3. The lowest BCUT2D eigenvalue weighted by atomic mass is 10.1. The van der Waals surface area contributed by atoms with E-state index in [1.165, 1.54) is 51.4 Å². The van der Waals surface area contributed by atoms with Gasteiger partial charge in [-0.1, -0.05) is 58.3 Å². The highest BCUT2D eigenvalue weighted by Crippen LogP contribution is 2.14. The topological polar surface area (TPSA) is 35.5 Å². The Bertz CT molecular complexity index is 403. The molecule has 0 fully saturated rings. The van der Waals surface area contributed by atoms with Gasteiger partial charge in [-0.3, -0.25) is 4.79 Å². The third-order valence-electron chi connectivity index (χ3n) is 3.57. The molecule has 0 bridgehead atoms. The fourth-order valence-corrected chi connectivity index (χ4v) is 2.35. The normalized spacial score (nSPS) is 10.6. The van der Waals surface area contributed by atoms with Gasteiger partial charge in [-0.05, 0) is 42.3 Å². The molecule has 0 radical (unpaired) electrons. The largest absolute Gasteiger partial charge is 0.338 e. The quantitative estimate of drug-likeness (QED) is 0.196. The second-order valence-electron chi connectivity index (χ2n) is 5.53. The monoisotopic (exact) mass is 326 g/mol. The van der Waals surface area contributed by atoms with Crippen LogP contribution in [0.25, 0.3) is 0 Å². The molecule has 124 valence electrons. The third-order valence-corrected chi connectivity index (χ3v) is 3.79. The van der Waals surface area contributed by atoms with Crippen LogP contribution in [-0.2, 0) is 4.89 Å². The van der Waals surface area contributed by atoms with E-state index in [9.17, 15) is 4.79 Å². The highest BCUT2D eigenvalue weighted by molar-refractivity contribution is 6.67. The van der Waals surface area contributed by atoms with Gasteiger partial charge in [0, 0.05) is 5.56 Å². The molecule has 22 heavy (non-hydrogen) atoms. The van der Waals surface area contributed by atoms with Crippen molar-refractivity contribution < 1.29 is 14.6 Å². The molecule has 0 N–H and O–H groups in total. The summed E-state index contributed by atoms with van der Waals surface area (Å²) in [4.78, 5) is 21.2. The fraction of sp³-hybridized carbons (Fsp3) is 0.611. The first-order valence-electron chi connectivity index (χ1n) is 8.33. The van der Waals surface area contributed by atoms with Gasteiger partial charge in [0.1, 0.15) is 0 Å². The number of unbranched alkanes of at least 4 members (excludes halogenated alkanes) is 8. The van der Waals surface area contributed by atoms with Crippen LogP contribution in [0.15, 0.2) is 24.3 Å². The van der Waals surface area contributed by atoms with Crippen molar-refractivity contribution in [1.82, 2.24) is 0 Å². The lowest BCUT2D eigenvalue weighted by Gasteiger charge is -2.05. The minimum atomic E-state index is -0.470. The van der Waals surface area contributed by atoms with Crippen LogP contribution in [0.1, 0.15) is 75.1 Å². The van der Waals surface area contributed by atoms with Crippen molar-refractivity contribution in [3.8, 4) is 5.75 Å². The molecule has 0 aliphatic rings. The molecule has 0 aliphatic carbocycles. The molecule has 0 unspecified atom stereocenters. The van der Waals surface area contributed by atoms with Crippen LogP contribution >= 0.6 is 11.6 Å². The van der Waals surface area contributed by atoms with Gasteiger partial charge >= 0.3 is 0 Å².